The zero-order chi connectivity index (χ0) is 14.5. The Morgan fingerprint density at radius 1 is 1.20 bits per heavy atom. The number of hydrogen-bond donors (Lipinski definition) is 1. The number of hydrogen-bond acceptors (Lipinski definition) is 2. The van der Waals surface area contributed by atoms with Crippen molar-refractivity contribution in [2.75, 3.05) is 13.7 Å². The van der Waals surface area contributed by atoms with Gasteiger partial charge < -0.3 is 10.1 Å². The largest absolute Gasteiger partial charge is 0.496 e. The average molecular weight is 355 g/mol. The molecule has 0 aromatic heterocycles. The normalized spacial score (nSPS) is 12.2. The van der Waals surface area contributed by atoms with Gasteiger partial charge in [-0.15, -0.1) is 0 Å². The lowest BCUT2D eigenvalue weighted by molar-refractivity contribution is 0.404. The third-order valence-electron chi connectivity index (χ3n) is 3.13. The molecule has 0 heterocycles. The van der Waals surface area contributed by atoms with E-state index in [-0.39, 0.29) is 6.04 Å². The molecule has 1 unspecified atom stereocenters. The molecule has 0 aliphatic rings. The Labute approximate surface area is 133 Å². The summed E-state index contributed by atoms with van der Waals surface area (Å²) in [6, 6.07) is 13.9. The minimum atomic E-state index is 0.0317. The molecule has 2 rings (SSSR count). The highest BCUT2D eigenvalue weighted by Crippen LogP contribution is 2.34. The zero-order valence-electron chi connectivity index (χ0n) is 11.5. The number of para-hydroxylation sites is 1. The minimum absolute atomic E-state index is 0.0317. The molecule has 106 valence electrons. The van der Waals surface area contributed by atoms with E-state index >= 15 is 0 Å². The van der Waals surface area contributed by atoms with Crippen molar-refractivity contribution in [1.29, 1.82) is 0 Å². The Kier molecular flexibility index (Phi) is 5.46. The van der Waals surface area contributed by atoms with Gasteiger partial charge in [-0.1, -0.05) is 52.7 Å². The molecule has 0 saturated heterocycles. The Morgan fingerprint density at radius 3 is 2.65 bits per heavy atom. The van der Waals surface area contributed by atoms with E-state index in [0.29, 0.717) is 0 Å². The van der Waals surface area contributed by atoms with E-state index in [1.54, 1.807) is 7.11 Å². The van der Waals surface area contributed by atoms with Crippen LogP contribution >= 0.6 is 27.5 Å². The molecule has 0 fully saturated rings. The van der Waals surface area contributed by atoms with Gasteiger partial charge in [0.1, 0.15) is 5.75 Å². The van der Waals surface area contributed by atoms with E-state index in [1.807, 2.05) is 36.4 Å². The molecule has 0 amide bonds. The van der Waals surface area contributed by atoms with Gasteiger partial charge in [0.2, 0.25) is 0 Å². The Balaban J connectivity index is 2.53. The summed E-state index contributed by atoms with van der Waals surface area (Å²) in [5.41, 5.74) is 2.20. The lowest BCUT2D eigenvalue weighted by Gasteiger charge is -2.22. The second-order valence-electron chi connectivity index (χ2n) is 4.40. The summed E-state index contributed by atoms with van der Waals surface area (Å²) in [7, 11) is 1.69. The molecule has 2 nitrogen and oxygen atoms in total. The average Bonchev–Trinajstić information content (AvgIpc) is 2.47. The zero-order valence-corrected chi connectivity index (χ0v) is 13.8. The second-order valence-corrected chi connectivity index (χ2v) is 5.69. The van der Waals surface area contributed by atoms with Crippen LogP contribution in [0.2, 0.25) is 5.02 Å². The van der Waals surface area contributed by atoms with Gasteiger partial charge in [-0.25, -0.2) is 0 Å². The van der Waals surface area contributed by atoms with Crippen LogP contribution in [-0.4, -0.2) is 13.7 Å². The minimum Gasteiger partial charge on any atom is -0.496 e. The third kappa shape index (κ3) is 3.35. The first-order chi connectivity index (χ1) is 9.67. The first-order valence-electron chi connectivity index (χ1n) is 6.48. The highest BCUT2D eigenvalue weighted by Gasteiger charge is 2.19. The molecule has 4 heteroatoms. The van der Waals surface area contributed by atoms with Crippen LogP contribution in [0.15, 0.2) is 46.9 Å². The predicted octanol–water partition coefficient (Wildman–Crippen LogP) is 4.81. The highest BCUT2D eigenvalue weighted by molar-refractivity contribution is 9.10. The van der Waals surface area contributed by atoms with Crippen molar-refractivity contribution in [2.45, 2.75) is 13.0 Å². The molecule has 0 aliphatic carbocycles. The van der Waals surface area contributed by atoms with Crippen LogP contribution in [0.1, 0.15) is 24.1 Å². The van der Waals surface area contributed by atoms with Gasteiger partial charge in [-0.3, -0.25) is 0 Å². The van der Waals surface area contributed by atoms with Crippen molar-refractivity contribution in [2.24, 2.45) is 0 Å². The van der Waals surface area contributed by atoms with E-state index in [2.05, 4.69) is 34.2 Å². The lowest BCUT2D eigenvalue weighted by Crippen LogP contribution is -2.23. The first kappa shape index (κ1) is 15.4. The van der Waals surface area contributed by atoms with Gasteiger partial charge in [0.25, 0.3) is 0 Å². The molecular formula is C16H17BrClNO. The van der Waals surface area contributed by atoms with E-state index in [0.717, 1.165) is 32.9 Å². The van der Waals surface area contributed by atoms with Crippen LogP contribution in [0.5, 0.6) is 5.75 Å². The maximum atomic E-state index is 6.14. The maximum Gasteiger partial charge on any atom is 0.123 e. The molecule has 2 aromatic rings. The Bertz CT molecular complexity index is 588. The van der Waals surface area contributed by atoms with Gasteiger partial charge in [-0.2, -0.15) is 0 Å². The highest BCUT2D eigenvalue weighted by atomic mass is 79.9. The second kappa shape index (κ2) is 7.11. The van der Waals surface area contributed by atoms with Gasteiger partial charge in [-0.05, 0) is 36.4 Å². The van der Waals surface area contributed by atoms with Gasteiger partial charge in [0.15, 0.2) is 0 Å². The quantitative estimate of drug-likeness (QED) is 0.832. The van der Waals surface area contributed by atoms with Crippen molar-refractivity contribution in [3.8, 4) is 5.75 Å². The molecule has 0 radical (unpaired) electrons. The number of ether oxygens (including phenoxy) is 1. The van der Waals surface area contributed by atoms with E-state index in [4.69, 9.17) is 16.3 Å². The fraction of sp³-hybridized carbons (Fsp3) is 0.250. The van der Waals surface area contributed by atoms with Crippen molar-refractivity contribution < 1.29 is 4.74 Å². The third-order valence-corrected chi connectivity index (χ3v) is 4.08. The molecule has 1 atom stereocenters. The van der Waals surface area contributed by atoms with E-state index in [9.17, 15) is 0 Å². The molecule has 0 bridgehead atoms. The van der Waals surface area contributed by atoms with Crippen molar-refractivity contribution in [3.05, 3.63) is 63.1 Å². The number of rotatable bonds is 5. The Hall–Kier alpha value is -1.03. The molecule has 20 heavy (non-hydrogen) atoms. The smallest absolute Gasteiger partial charge is 0.123 e. The van der Waals surface area contributed by atoms with Gasteiger partial charge in [0, 0.05) is 15.1 Å². The topological polar surface area (TPSA) is 21.3 Å². The maximum absolute atomic E-state index is 6.14. The molecular weight excluding hydrogens is 338 g/mol. The number of nitrogens with one attached hydrogen (secondary N) is 1. The summed E-state index contributed by atoms with van der Waals surface area (Å²) < 4.78 is 6.50. The summed E-state index contributed by atoms with van der Waals surface area (Å²) in [5, 5.41) is 4.21. The Morgan fingerprint density at radius 2 is 1.95 bits per heavy atom. The number of benzene rings is 2. The van der Waals surface area contributed by atoms with Crippen molar-refractivity contribution >= 4 is 27.5 Å². The fourth-order valence-corrected chi connectivity index (χ4v) is 2.89. The van der Waals surface area contributed by atoms with Crippen LogP contribution in [0.3, 0.4) is 0 Å². The van der Waals surface area contributed by atoms with Crippen molar-refractivity contribution in [1.82, 2.24) is 5.32 Å². The summed E-state index contributed by atoms with van der Waals surface area (Å²) in [4.78, 5) is 0. The summed E-state index contributed by atoms with van der Waals surface area (Å²) in [6.07, 6.45) is 0. The standard InChI is InChI=1S/C16H17BrClNO/c1-3-19-16(12-6-4-5-7-15(12)20-2)13-10-11(18)8-9-14(13)17/h4-10,16,19H,3H2,1-2H3. The molecule has 2 aromatic carbocycles. The summed E-state index contributed by atoms with van der Waals surface area (Å²) >= 11 is 9.75. The molecule has 1 N–H and O–H groups in total. The molecule has 0 spiro atoms. The SMILES string of the molecule is CCNC(c1cc(Cl)ccc1Br)c1ccccc1OC. The van der Waals surface area contributed by atoms with Crippen LogP contribution < -0.4 is 10.1 Å². The van der Waals surface area contributed by atoms with Crippen LogP contribution in [-0.2, 0) is 0 Å². The summed E-state index contributed by atoms with van der Waals surface area (Å²) in [5.74, 6) is 0.866. The van der Waals surface area contributed by atoms with E-state index < -0.39 is 0 Å². The molecule has 0 saturated carbocycles. The van der Waals surface area contributed by atoms with E-state index in [1.165, 1.54) is 0 Å². The summed E-state index contributed by atoms with van der Waals surface area (Å²) in [6.45, 7) is 2.93. The fourth-order valence-electron chi connectivity index (χ4n) is 2.23. The van der Waals surface area contributed by atoms with Crippen LogP contribution in [0.25, 0.3) is 0 Å². The van der Waals surface area contributed by atoms with Crippen molar-refractivity contribution in [3.63, 3.8) is 0 Å². The van der Waals surface area contributed by atoms with Crippen LogP contribution in [0.4, 0.5) is 0 Å². The lowest BCUT2D eigenvalue weighted by atomic mass is 9.97. The van der Waals surface area contributed by atoms with Gasteiger partial charge in [0.05, 0.1) is 13.2 Å². The monoisotopic (exact) mass is 353 g/mol. The number of methoxy groups -OCH3 is 1. The van der Waals surface area contributed by atoms with Gasteiger partial charge >= 0.3 is 0 Å². The van der Waals surface area contributed by atoms with Crippen LogP contribution in [0, 0.1) is 0 Å². The predicted molar refractivity (Wildman–Crippen MR) is 87.7 cm³/mol. The number of halogens is 2. The molecule has 0 aliphatic heterocycles. The first-order valence-corrected chi connectivity index (χ1v) is 7.65.